The van der Waals surface area contributed by atoms with Crippen LogP contribution in [0.15, 0.2) is 54.6 Å². The van der Waals surface area contributed by atoms with Gasteiger partial charge in [-0.3, -0.25) is 19.7 Å². The van der Waals surface area contributed by atoms with Crippen molar-refractivity contribution >= 4 is 23.2 Å². The van der Waals surface area contributed by atoms with Crippen molar-refractivity contribution in [3.8, 4) is 16.9 Å². The summed E-state index contributed by atoms with van der Waals surface area (Å²) in [7, 11) is 0. The summed E-state index contributed by atoms with van der Waals surface area (Å²) in [6.45, 7) is 7.93. The number of carbonyl (C=O) groups is 2. The molecule has 168 valence electrons. The number of phenolic OH excluding ortho intramolecular Hbond substituents is 1. The molecule has 1 N–H and O–H groups in total. The lowest BCUT2D eigenvalue weighted by Gasteiger charge is -2.26. The van der Waals surface area contributed by atoms with Gasteiger partial charge in [0, 0.05) is 23.3 Å². The predicted molar refractivity (Wildman–Crippen MR) is 126 cm³/mol. The Morgan fingerprint density at radius 3 is 2.06 bits per heavy atom. The van der Waals surface area contributed by atoms with Gasteiger partial charge in [-0.15, -0.1) is 0 Å². The maximum absolute atomic E-state index is 13.4. The first-order valence-electron chi connectivity index (χ1n) is 10.8. The number of nitro benzene ring substituents is 1. The number of nitrogens with zero attached hydrogens (tertiary/aromatic N) is 2. The minimum absolute atomic E-state index is 0.0494. The van der Waals surface area contributed by atoms with Gasteiger partial charge in [-0.25, -0.2) is 4.90 Å². The van der Waals surface area contributed by atoms with Gasteiger partial charge in [0.05, 0.1) is 16.1 Å². The number of aromatic hydroxyl groups is 1. The van der Waals surface area contributed by atoms with Crippen LogP contribution in [0.2, 0.25) is 0 Å². The first-order valence-corrected chi connectivity index (χ1v) is 10.8. The van der Waals surface area contributed by atoms with Gasteiger partial charge in [0.25, 0.3) is 17.5 Å². The highest BCUT2D eigenvalue weighted by atomic mass is 16.6. The van der Waals surface area contributed by atoms with Gasteiger partial charge in [-0.05, 0) is 35.1 Å². The summed E-state index contributed by atoms with van der Waals surface area (Å²) >= 11 is 0. The van der Waals surface area contributed by atoms with E-state index in [0.29, 0.717) is 11.1 Å². The molecule has 1 aliphatic heterocycles. The van der Waals surface area contributed by atoms with Crippen LogP contribution in [0.3, 0.4) is 0 Å². The fraction of sp³-hybridized carbons (Fsp3) is 0.231. The lowest BCUT2D eigenvalue weighted by molar-refractivity contribution is -0.384. The number of amides is 2. The number of rotatable bonds is 5. The van der Waals surface area contributed by atoms with Crippen LogP contribution in [-0.4, -0.2) is 21.8 Å². The fourth-order valence-electron chi connectivity index (χ4n) is 4.39. The fourth-order valence-corrected chi connectivity index (χ4v) is 4.39. The van der Waals surface area contributed by atoms with Crippen molar-refractivity contribution in [3.63, 3.8) is 0 Å². The summed E-state index contributed by atoms with van der Waals surface area (Å²) in [4.78, 5) is 38.3. The van der Waals surface area contributed by atoms with E-state index in [1.807, 2.05) is 64.1 Å². The quantitative estimate of drug-likeness (QED) is 0.295. The molecule has 4 rings (SSSR count). The molecule has 7 nitrogen and oxygen atoms in total. The van der Waals surface area contributed by atoms with Gasteiger partial charge in [0.1, 0.15) is 11.4 Å². The topological polar surface area (TPSA) is 101 Å². The number of anilines is 1. The second-order valence-corrected chi connectivity index (χ2v) is 8.73. The summed E-state index contributed by atoms with van der Waals surface area (Å²) in [6.07, 6.45) is 0. The Labute approximate surface area is 191 Å². The van der Waals surface area contributed by atoms with Crippen LogP contribution < -0.4 is 4.90 Å². The van der Waals surface area contributed by atoms with Crippen molar-refractivity contribution in [1.29, 1.82) is 0 Å². The molecule has 7 heteroatoms. The van der Waals surface area contributed by atoms with E-state index in [2.05, 4.69) is 0 Å². The molecule has 1 heterocycles. The van der Waals surface area contributed by atoms with Crippen LogP contribution in [0.1, 0.15) is 71.4 Å². The SMILES string of the molecule is CC(C)c1cc(-c2ccccc2)c(N2C(=O)c3ccc([N+](=O)[O-])cc3C2=O)c(O)c1C(C)C. The van der Waals surface area contributed by atoms with E-state index in [4.69, 9.17) is 0 Å². The second-order valence-electron chi connectivity index (χ2n) is 8.73. The van der Waals surface area contributed by atoms with Gasteiger partial charge in [0.2, 0.25) is 0 Å². The Kier molecular flexibility index (Phi) is 5.49. The number of phenols is 1. The molecule has 3 aromatic rings. The number of imide groups is 1. The molecule has 0 unspecified atom stereocenters. The molecular weight excluding hydrogens is 420 g/mol. The zero-order valence-corrected chi connectivity index (χ0v) is 18.8. The molecule has 0 aromatic heterocycles. The van der Waals surface area contributed by atoms with Gasteiger partial charge < -0.3 is 5.11 Å². The van der Waals surface area contributed by atoms with Crippen LogP contribution in [0.5, 0.6) is 5.75 Å². The summed E-state index contributed by atoms with van der Waals surface area (Å²) < 4.78 is 0. The van der Waals surface area contributed by atoms with Crippen molar-refractivity contribution in [2.75, 3.05) is 4.90 Å². The predicted octanol–water partition coefficient (Wildman–Crippen LogP) is 6.01. The van der Waals surface area contributed by atoms with E-state index < -0.39 is 16.7 Å². The maximum Gasteiger partial charge on any atom is 0.270 e. The molecule has 0 bridgehead atoms. The Bertz CT molecular complexity index is 1300. The molecule has 1 aliphatic rings. The molecule has 0 spiro atoms. The average molecular weight is 444 g/mol. The van der Waals surface area contributed by atoms with Gasteiger partial charge in [-0.1, -0.05) is 58.0 Å². The van der Waals surface area contributed by atoms with Crippen molar-refractivity contribution in [2.45, 2.75) is 39.5 Å². The summed E-state index contributed by atoms with van der Waals surface area (Å²) in [5.74, 6) is -1.42. The van der Waals surface area contributed by atoms with Gasteiger partial charge in [0.15, 0.2) is 0 Å². The van der Waals surface area contributed by atoms with Crippen molar-refractivity contribution in [2.24, 2.45) is 0 Å². The van der Waals surface area contributed by atoms with Crippen LogP contribution >= 0.6 is 0 Å². The smallest absolute Gasteiger partial charge is 0.270 e. The standard InChI is InChI=1S/C26H24N2O5/c1-14(2)19-13-20(16-8-6-5-7-9-16)23(24(29)22(19)15(3)4)27-25(30)18-11-10-17(28(32)33)12-21(18)26(27)31/h5-15,29H,1-4H3. The zero-order chi connectivity index (χ0) is 24.0. The van der Waals surface area contributed by atoms with Crippen molar-refractivity contribution in [3.05, 3.63) is 87.0 Å². The van der Waals surface area contributed by atoms with Gasteiger partial charge >= 0.3 is 0 Å². The number of hydrogen-bond donors (Lipinski definition) is 1. The number of carbonyl (C=O) groups excluding carboxylic acids is 2. The number of benzene rings is 3. The maximum atomic E-state index is 13.4. The Hall–Kier alpha value is -4.00. The average Bonchev–Trinajstić information content (AvgIpc) is 3.02. The summed E-state index contributed by atoms with van der Waals surface area (Å²) in [6, 6.07) is 14.8. The number of non-ortho nitro benzene ring substituents is 1. The highest BCUT2D eigenvalue weighted by Gasteiger charge is 2.41. The van der Waals surface area contributed by atoms with Crippen LogP contribution in [0.4, 0.5) is 11.4 Å². The first-order chi connectivity index (χ1) is 15.6. The minimum Gasteiger partial charge on any atom is -0.505 e. The van der Waals surface area contributed by atoms with Gasteiger partial charge in [-0.2, -0.15) is 0 Å². The van der Waals surface area contributed by atoms with E-state index in [9.17, 15) is 24.8 Å². The third-order valence-electron chi connectivity index (χ3n) is 5.93. The molecule has 3 aromatic carbocycles. The Morgan fingerprint density at radius 1 is 0.848 bits per heavy atom. The van der Waals surface area contributed by atoms with E-state index >= 15 is 0 Å². The molecule has 0 saturated heterocycles. The number of fused-ring (bicyclic) bond motifs is 1. The van der Waals surface area contributed by atoms with E-state index in [0.717, 1.165) is 22.1 Å². The Morgan fingerprint density at radius 2 is 1.48 bits per heavy atom. The lowest BCUT2D eigenvalue weighted by Crippen LogP contribution is -2.30. The highest BCUT2D eigenvalue weighted by Crippen LogP contribution is 2.48. The van der Waals surface area contributed by atoms with E-state index in [-0.39, 0.29) is 40.1 Å². The minimum atomic E-state index is -0.696. The molecule has 2 amide bonds. The molecule has 0 aliphatic carbocycles. The molecule has 0 fully saturated rings. The van der Waals surface area contributed by atoms with Crippen LogP contribution in [-0.2, 0) is 0 Å². The molecule has 0 saturated carbocycles. The largest absolute Gasteiger partial charge is 0.505 e. The van der Waals surface area contributed by atoms with Crippen molar-refractivity contribution < 1.29 is 19.6 Å². The van der Waals surface area contributed by atoms with E-state index in [1.54, 1.807) is 0 Å². The summed E-state index contributed by atoms with van der Waals surface area (Å²) in [5, 5.41) is 22.7. The molecule has 0 radical (unpaired) electrons. The zero-order valence-electron chi connectivity index (χ0n) is 18.8. The van der Waals surface area contributed by atoms with Crippen LogP contribution in [0, 0.1) is 10.1 Å². The molecular formula is C26H24N2O5. The third-order valence-corrected chi connectivity index (χ3v) is 5.93. The second kappa shape index (κ2) is 8.16. The normalized spacial score (nSPS) is 13.2. The monoisotopic (exact) mass is 444 g/mol. The number of nitro groups is 1. The summed E-state index contributed by atoms with van der Waals surface area (Å²) in [5.41, 5.74) is 2.73. The Balaban J connectivity index is 2.02. The van der Waals surface area contributed by atoms with E-state index in [1.165, 1.54) is 12.1 Å². The third kappa shape index (κ3) is 3.55. The molecule has 0 atom stereocenters. The van der Waals surface area contributed by atoms with Crippen LogP contribution in [0.25, 0.3) is 11.1 Å². The lowest BCUT2D eigenvalue weighted by atomic mass is 9.85. The first kappa shape index (κ1) is 22.2. The van der Waals surface area contributed by atoms with Crippen molar-refractivity contribution in [1.82, 2.24) is 0 Å². The molecule has 33 heavy (non-hydrogen) atoms. The number of hydrogen-bond acceptors (Lipinski definition) is 5. The highest BCUT2D eigenvalue weighted by molar-refractivity contribution is 6.36.